The molecule has 4 heterocycles. The van der Waals surface area contributed by atoms with Crippen LogP contribution in [0.3, 0.4) is 0 Å². The average Bonchev–Trinajstić information content (AvgIpc) is 3.38. The predicted octanol–water partition coefficient (Wildman–Crippen LogP) is 4.06. The Labute approximate surface area is 194 Å². The first kappa shape index (κ1) is 22.0. The number of likely N-dealkylation sites (N-methyl/N-ethyl adjacent to an activating group) is 2. The Morgan fingerprint density at radius 3 is 1.80 bits per heavy atom. The van der Waals surface area contributed by atoms with E-state index in [-0.39, 0.29) is 4.58 Å². The lowest BCUT2D eigenvalue weighted by Gasteiger charge is -2.22. The second-order valence-electron chi connectivity index (χ2n) is 7.31. The topological polar surface area (TPSA) is 58.0 Å². The smallest absolute Gasteiger partial charge is 0.140 e. The van der Waals surface area contributed by atoms with Gasteiger partial charge in [-0.05, 0) is 45.0 Å². The van der Waals surface area contributed by atoms with E-state index in [0.29, 0.717) is 0 Å². The third-order valence-corrected chi connectivity index (χ3v) is 8.45. The van der Waals surface area contributed by atoms with Crippen LogP contribution < -0.4 is 0 Å². The zero-order valence-electron chi connectivity index (χ0n) is 17.3. The van der Waals surface area contributed by atoms with Gasteiger partial charge in [-0.1, -0.05) is 41.6 Å². The summed E-state index contributed by atoms with van der Waals surface area (Å²) in [5.74, 6) is 6.40. The minimum Gasteiger partial charge on any atom is -0.302 e. The van der Waals surface area contributed by atoms with Crippen molar-refractivity contribution >= 4 is 58.1 Å². The van der Waals surface area contributed by atoms with Crippen LogP contribution in [-0.2, 0) is 0 Å². The lowest BCUT2D eigenvalue weighted by molar-refractivity contribution is 0.372. The highest BCUT2D eigenvalue weighted by Gasteiger charge is 2.24. The number of hydrogen-bond donors (Lipinski definition) is 0. The molecule has 158 valence electrons. The number of aromatic nitrogens is 4. The molecule has 2 aliphatic rings. The second-order valence-corrected chi connectivity index (χ2v) is 10.9. The standard InChI is InChI=1S/C20H24N6S4/c1-4-7-16(27-19-17(21-29-23-19)14-8-5-10-25(2)12-14)28-20-18(22-30-24-20)15-9-6-11-26(3)13-15/h8-9,16H,5-6,10-13H2,1-3H3. The van der Waals surface area contributed by atoms with E-state index in [1.54, 1.807) is 23.5 Å². The SMILES string of the molecule is CC#CC(Sc1nsnc1C1=CCCN(C)C1)Sc1nsnc1C1=CCCN(C)C1. The van der Waals surface area contributed by atoms with Crippen molar-refractivity contribution in [1.29, 1.82) is 0 Å². The molecule has 0 saturated carbocycles. The summed E-state index contributed by atoms with van der Waals surface area (Å²) >= 11 is 5.89. The maximum atomic E-state index is 4.60. The van der Waals surface area contributed by atoms with Gasteiger partial charge in [0.05, 0.1) is 23.5 Å². The van der Waals surface area contributed by atoms with E-state index in [4.69, 9.17) is 0 Å². The highest BCUT2D eigenvalue weighted by atomic mass is 32.2. The third-order valence-electron chi connectivity index (χ3n) is 4.91. The lowest BCUT2D eigenvalue weighted by atomic mass is 10.1. The zero-order valence-corrected chi connectivity index (χ0v) is 20.6. The first-order chi connectivity index (χ1) is 14.6. The monoisotopic (exact) mass is 476 g/mol. The Morgan fingerprint density at radius 2 is 1.37 bits per heavy atom. The molecule has 0 N–H and O–H groups in total. The van der Waals surface area contributed by atoms with Crippen molar-refractivity contribution in [2.75, 3.05) is 40.3 Å². The normalized spacial score (nSPS) is 18.1. The molecule has 2 aliphatic heterocycles. The maximum absolute atomic E-state index is 4.60. The maximum Gasteiger partial charge on any atom is 0.140 e. The Kier molecular flexibility index (Phi) is 7.62. The molecule has 0 radical (unpaired) electrons. The van der Waals surface area contributed by atoms with Crippen molar-refractivity contribution in [3.8, 4) is 11.8 Å². The van der Waals surface area contributed by atoms with Crippen LogP contribution in [0.25, 0.3) is 11.1 Å². The number of thioether (sulfide) groups is 2. The average molecular weight is 477 g/mol. The van der Waals surface area contributed by atoms with Crippen LogP contribution in [0, 0.1) is 11.8 Å². The van der Waals surface area contributed by atoms with Gasteiger partial charge in [0.25, 0.3) is 0 Å². The first-order valence-electron chi connectivity index (χ1n) is 9.80. The number of rotatable bonds is 6. The van der Waals surface area contributed by atoms with Crippen molar-refractivity contribution in [3.63, 3.8) is 0 Å². The molecule has 0 bridgehead atoms. The minimum atomic E-state index is -0.0101. The molecular formula is C20H24N6S4. The molecule has 0 spiro atoms. The van der Waals surface area contributed by atoms with E-state index < -0.39 is 0 Å². The quantitative estimate of drug-likeness (QED) is 0.351. The molecule has 0 aliphatic carbocycles. The van der Waals surface area contributed by atoms with Gasteiger partial charge in [0.2, 0.25) is 0 Å². The first-order valence-corrected chi connectivity index (χ1v) is 13.0. The molecule has 0 unspecified atom stereocenters. The van der Waals surface area contributed by atoms with E-state index in [9.17, 15) is 0 Å². The van der Waals surface area contributed by atoms with Gasteiger partial charge in [-0.25, -0.2) is 0 Å². The highest BCUT2D eigenvalue weighted by Crippen LogP contribution is 2.40. The van der Waals surface area contributed by atoms with Crippen LogP contribution in [0.2, 0.25) is 0 Å². The summed E-state index contributed by atoms with van der Waals surface area (Å²) in [5.41, 5.74) is 4.54. The minimum absolute atomic E-state index is 0.0101. The van der Waals surface area contributed by atoms with Crippen molar-refractivity contribution in [3.05, 3.63) is 23.5 Å². The summed E-state index contributed by atoms with van der Waals surface area (Å²) in [6.07, 6.45) is 6.70. The van der Waals surface area contributed by atoms with Crippen molar-refractivity contribution in [2.45, 2.75) is 34.4 Å². The van der Waals surface area contributed by atoms with E-state index >= 15 is 0 Å². The lowest BCUT2D eigenvalue weighted by Crippen LogP contribution is -2.25. The summed E-state index contributed by atoms with van der Waals surface area (Å²) < 4.78 is 18.4. The number of nitrogens with zero attached hydrogens (tertiary/aromatic N) is 6. The van der Waals surface area contributed by atoms with Crippen LogP contribution in [0.4, 0.5) is 0 Å². The van der Waals surface area contributed by atoms with E-state index in [1.807, 2.05) is 6.92 Å². The number of hydrogen-bond acceptors (Lipinski definition) is 10. The Bertz CT molecular complexity index is 928. The van der Waals surface area contributed by atoms with Crippen LogP contribution in [0.15, 0.2) is 22.2 Å². The molecule has 0 fully saturated rings. The van der Waals surface area contributed by atoms with Gasteiger partial charge in [0.15, 0.2) is 0 Å². The predicted molar refractivity (Wildman–Crippen MR) is 129 cm³/mol. The fourth-order valence-electron chi connectivity index (χ4n) is 3.44. The molecular weight excluding hydrogens is 453 g/mol. The fourth-order valence-corrected chi connectivity index (χ4v) is 7.15. The van der Waals surface area contributed by atoms with Crippen molar-refractivity contribution < 1.29 is 0 Å². The van der Waals surface area contributed by atoms with Crippen LogP contribution in [0.5, 0.6) is 0 Å². The van der Waals surface area contributed by atoms with Crippen LogP contribution >= 0.6 is 47.0 Å². The van der Waals surface area contributed by atoms with Gasteiger partial charge in [0.1, 0.15) is 26.0 Å². The molecule has 0 atom stereocenters. The van der Waals surface area contributed by atoms with Crippen molar-refractivity contribution in [1.82, 2.24) is 27.3 Å². The molecule has 0 amide bonds. The summed E-state index contributed by atoms with van der Waals surface area (Å²) in [6, 6.07) is 0. The molecule has 6 nitrogen and oxygen atoms in total. The van der Waals surface area contributed by atoms with E-state index in [2.05, 4.69) is 65.4 Å². The Hall–Kier alpha value is -1.22. The van der Waals surface area contributed by atoms with Gasteiger partial charge >= 0.3 is 0 Å². The molecule has 2 aromatic rings. The summed E-state index contributed by atoms with van der Waals surface area (Å²) in [7, 11) is 4.30. The van der Waals surface area contributed by atoms with Crippen molar-refractivity contribution in [2.24, 2.45) is 0 Å². The molecule has 10 heteroatoms. The van der Waals surface area contributed by atoms with E-state index in [0.717, 1.165) is 60.5 Å². The van der Waals surface area contributed by atoms with Crippen LogP contribution in [-0.4, -0.2) is 72.2 Å². The van der Waals surface area contributed by atoms with Crippen LogP contribution in [0.1, 0.15) is 31.2 Å². The van der Waals surface area contributed by atoms with E-state index in [1.165, 1.54) is 34.6 Å². The molecule has 2 aromatic heterocycles. The zero-order chi connectivity index (χ0) is 20.9. The second kappa shape index (κ2) is 10.4. The molecule has 4 rings (SSSR count). The Morgan fingerprint density at radius 1 is 0.867 bits per heavy atom. The van der Waals surface area contributed by atoms with Gasteiger partial charge < -0.3 is 9.80 Å². The Balaban J connectivity index is 1.53. The molecule has 0 saturated heterocycles. The summed E-state index contributed by atoms with van der Waals surface area (Å²) in [6.45, 7) is 5.89. The molecule has 30 heavy (non-hydrogen) atoms. The third kappa shape index (κ3) is 5.33. The fraction of sp³-hybridized carbons (Fsp3) is 0.500. The van der Waals surface area contributed by atoms with Gasteiger partial charge in [-0.3, -0.25) is 0 Å². The van der Waals surface area contributed by atoms with Gasteiger partial charge in [-0.2, -0.15) is 17.5 Å². The van der Waals surface area contributed by atoms with Gasteiger partial charge in [0, 0.05) is 26.2 Å². The highest BCUT2D eigenvalue weighted by molar-refractivity contribution is 8.17. The summed E-state index contributed by atoms with van der Waals surface area (Å²) in [4.78, 5) is 4.65. The largest absolute Gasteiger partial charge is 0.302 e. The summed E-state index contributed by atoms with van der Waals surface area (Å²) in [5, 5.41) is 1.92. The molecule has 0 aromatic carbocycles. The van der Waals surface area contributed by atoms with Gasteiger partial charge in [-0.15, -0.1) is 5.92 Å².